The number of hydrogen-bond donors (Lipinski definition) is 0. The number of nitrogens with zero attached hydrogens (tertiary/aromatic N) is 1. The lowest BCUT2D eigenvalue weighted by Gasteiger charge is -2.12. The summed E-state index contributed by atoms with van der Waals surface area (Å²) < 4.78 is 30.3. The Labute approximate surface area is 169 Å². The number of carbonyl (C=O) groups excluding carboxylic acids is 1. The molecule has 1 aliphatic heterocycles. The molecule has 0 aromatic heterocycles. The molecular weight excluding hydrogens is 464 g/mol. The number of halogens is 2. The molecule has 0 atom stereocenters. The number of hydrogen-bond acceptors (Lipinski definition) is 5. The van der Waals surface area contributed by atoms with Crippen molar-refractivity contribution in [1.29, 1.82) is 0 Å². The fourth-order valence-electron chi connectivity index (χ4n) is 2.42. The lowest BCUT2D eigenvalue weighted by atomic mass is 10.1. The van der Waals surface area contributed by atoms with Crippen molar-refractivity contribution in [3.8, 4) is 11.5 Å². The van der Waals surface area contributed by atoms with Gasteiger partial charge in [0, 0.05) is 5.56 Å². The summed E-state index contributed by atoms with van der Waals surface area (Å²) in [5.74, 6) is 0.154. The van der Waals surface area contributed by atoms with Crippen LogP contribution in [0.4, 0.5) is 4.39 Å². The van der Waals surface area contributed by atoms with E-state index in [2.05, 4.69) is 34.2 Å². The van der Waals surface area contributed by atoms with Crippen molar-refractivity contribution in [2.24, 2.45) is 4.99 Å². The number of rotatable bonds is 6. The quantitative estimate of drug-likeness (QED) is 0.268. The molecule has 0 radical (unpaired) electrons. The maximum atomic E-state index is 13.4. The molecule has 0 fully saturated rings. The first kappa shape index (κ1) is 19.1. The van der Waals surface area contributed by atoms with Gasteiger partial charge in [-0.15, -0.1) is 0 Å². The number of aliphatic imine (C=N–C) groups is 1. The Balaban J connectivity index is 1.95. The number of ether oxygens (including phenoxy) is 3. The van der Waals surface area contributed by atoms with Crippen LogP contribution >= 0.6 is 22.6 Å². The minimum Gasteiger partial charge on any atom is -0.493 e. The Morgan fingerprint density at radius 1 is 1.33 bits per heavy atom. The first-order chi connectivity index (χ1) is 13.0. The van der Waals surface area contributed by atoms with Gasteiger partial charge < -0.3 is 14.2 Å². The Morgan fingerprint density at radius 3 is 2.85 bits per heavy atom. The van der Waals surface area contributed by atoms with Crippen LogP contribution in [0.15, 0.2) is 59.7 Å². The summed E-state index contributed by atoms with van der Waals surface area (Å²) in [5, 5.41) is 0. The van der Waals surface area contributed by atoms with Crippen LogP contribution in [0.1, 0.15) is 11.1 Å². The van der Waals surface area contributed by atoms with E-state index in [1.165, 1.54) is 25.3 Å². The predicted octanol–water partition coefficient (Wildman–Crippen LogP) is 4.35. The highest BCUT2D eigenvalue weighted by Crippen LogP contribution is 2.35. The van der Waals surface area contributed by atoms with Crippen molar-refractivity contribution in [3.63, 3.8) is 0 Å². The summed E-state index contributed by atoms with van der Waals surface area (Å²) in [6.45, 7) is 3.97. The minimum atomic E-state index is -0.602. The van der Waals surface area contributed by atoms with Crippen molar-refractivity contribution < 1.29 is 23.4 Å². The molecule has 5 nitrogen and oxygen atoms in total. The Kier molecular flexibility index (Phi) is 5.90. The Bertz CT molecular complexity index is 968. The molecule has 2 aromatic carbocycles. The first-order valence-electron chi connectivity index (χ1n) is 7.91. The second-order valence-electron chi connectivity index (χ2n) is 5.48. The van der Waals surface area contributed by atoms with E-state index < -0.39 is 11.8 Å². The van der Waals surface area contributed by atoms with Gasteiger partial charge in [-0.1, -0.05) is 18.7 Å². The predicted molar refractivity (Wildman–Crippen MR) is 108 cm³/mol. The van der Waals surface area contributed by atoms with E-state index in [0.29, 0.717) is 29.2 Å². The molecule has 0 saturated carbocycles. The van der Waals surface area contributed by atoms with E-state index in [-0.39, 0.29) is 11.6 Å². The van der Waals surface area contributed by atoms with Crippen LogP contribution in [-0.4, -0.2) is 25.6 Å². The monoisotopic (exact) mass is 479 g/mol. The molecule has 0 bridgehead atoms. The highest BCUT2D eigenvalue weighted by molar-refractivity contribution is 14.1. The van der Waals surface area contributed by atoms with Crippen molar-refractivity contribution in [2.75, 3.05) is 13.7 Å². The number of carbonyl (C=O) groups is 1. The lowest BCUT2D eigenvalue weighted by Crippen LogP contribution is -2.05. The average molecular weight is 479 g/mol. The van der Waals surface area contributed by atoms with Gasteiger partial charge in [0.15, 0.2) is 17.2 Å². The fraction of sp³-hybridized carbons (Fsp3) is 0.100. The third-order valence-electron chi connectivity index (χ3n) is 3.59. The molecule has 1 aliphatic rings. The molecule has 0 unspecified atom stereocenters. The van der Waals surface area contributed by atoms with Crippen LogP contribution in [0.3, 0.4) is 0 Å². The zero-order chi connectivity index (χ0) is 19.4. The SMILES string of the molecule is C=CCOc1c(I)cc(/C=C2/N=C(c3cccc(F)c3)OC2=O)cc1OC. The van der Waals surface area contributed by atoms with Gasteiger partial charge in [-0.3, -0.25) is 0 Å². The second kappa shape index (κ2) is 8.34. The van der Waals surface area contributed by atoms with Gasteiger partial charge in [-0.2, -0.15) is 0 Å². The van der Waals surface area contributed by atoms with Crippen LogP contribution in [0.5, 0.6) is 11.5 Å². The summed E-state index contributed by atoms with van der Waals surface area (Å²) >= 11 is 2.12. The number of esters is 1. The van der Waals surface area contributed by atoms with Gasteiger partial charge in [0.25, 0.3) is 0 Å². The molecule has 1 heterocycles. The highest BCUT2D eigenvalue weighted by atomic mass is 127. The Morgan fingerprint density at radius 2 is 2.15 bits per heavy atom. The molecular formula is C20H15FINO4. The van der Waals surface area contributed by atoms with E-state index >= 15 is 0 Å². The number of methoxy groups -OCH3 is 1. The van der Waals surface area contributed by atoms with E-state index in [0.717, 1.165) is 3.57 Å². The summed E-state index contributed by atoms with van der Waals surface area (Å²) in [6.07, 6.45) is 3.22. The molecule has 0 saturated heterocycles. The standard InChI is InChI=1S/C20H15FINO4/c1-3-7-26-18-15(22)8-12(10-17(18)25-2)9-16-20(24)27-19(23-16)13-5-4-6-14(21)11-13/h3-6,8-11H,1,7H2,2H3/b16-9+. The molecule has 27 heavy (non-hydrogen) atoms. The van der Waals surface area contributed by atoms with Gasteiger partial charge in [0.1, 0.15) is 12.4 Å². The van der Waals surface area contributed by atoms with E-state index in [1.807, 2.05) is 6.07 Å². The van der Waals surface area contributed by atoms with Crippen LogP contribution in [0.2, 0.25) is 0 Å². The molecule has 0 spiro atoms. The highest BCUT2D eigenvalue weighted by Gasteiger charge is 2.24. The average Bonchev–Trinajstić information content (AvgIpc) is 3.01. The normalized spacial score (nSPS) is 14.7. The van der Waals surface area contributed by atoms with Gasteiger partial charge in [-0.05, 0) is 64.6 Å². The first-order valence-corrected chi connectivity index (χ1v) is 8.99. The van der Waals surface area contributed by atoms with Crippen molar-refractivity contribution in [1.82, 2.24) is 0 Å². The summed E-state index contributed by atoms with van der Waals surface area (Å²) in [5.41, 5.74) is 1.21. The Hall–Kier alpha value is -2.68. The van der Waals surface area contributed by atoms with Crippen molar-refractivity contribution >= 4 is 40.5 Å². The smallest absolute Gasteiger partial charge is 0.363 e. The zero-order valence-electron chi connectivity index (χ0n) is 14.4. The number of cyclic esters (lactones) is 1. The maximum Gasteiger partial charge on any atom is 0.363 e. The fourth-order valence-corrected chi connectivity index (χ4v) is 3.20. The van der Waals surface area contributed by atoms with E-state index in [9.17, 15) is 9.18 Å². The van der Waals surface area contributed by atoms with Crippen LogP contribution in [-0.2, 0) is 9.53 Å². The van der Waals surface area contributed by atoms with Crippen molar-refractivity contribution in [2.45, 2.75) is 0 Å². The van der Waals surface area contributed by atoms with Gasteiger partial charge in [0.2, 0.25) is 5.90 Å². The second-order valence-corrected chi connectivity index (χ2v) is 6.64. The van der Waals surface area contributed by atoms with Crippen molar-refractivity contribution in [3.05, 3.63) is 75.3 Å². The summed E-state index contributed by atoms with van der Waals surface area (Å²) in [4.78, 5) is 16.3. The van der Waals surface area contributed by atoms with Crippen LogP contribution in [0, 0.1) is 9.39 Å². The molecule has 138 valence electrons. The lowest BCUT2D eigenvalue weighted by molar-refractivity contribution is -0.129. The summed E-state index contributed by atoms with van der Waals surface area (Å²) in [7, 11) is 1.53. The molecule has 0 amide bonds. The molecule has 0 N–H and O–H groups in total. The van der Waals surface area contributed by atoms with E-state index in [4.69, 9.17) is 14.2 Å². The maximum absolute atomic E-state index is 13.4. The van der Waals surface area contributed by atoms with Gasteiger partial charge >= 0.3 is 5.97 Å². The molecule has 3 rings (SSSR count). The topological polar surface area (TPSA) is 57.1 Å². The van der Waals surface area contributed by atoms with Crippen LogP contribution < -0.4 is 9.47 Å². The van der Waals surface area contributed by atoms with Crippen LogP contribution in [0.25, 0.3) is 6.08 Å². The third kappa shape index (κ3) is 4.36. The zero-order valence-corrected chi connectivity index (χ0v) is 16.5. The third-order valence-corrected chi connectivity index (χ3v) is 4.39. The van der Waals surface area contributed by atoms with Gasteiger partial charge in [-0.25, -0.2) is 14.2 Å². The number of benzene rings is 2. The van der Waals surface area contributed by atoms with Gasteiger partial charge in [0.05, 0.1) is 10.7 Å². The summed E-state index contributed by atoms with van der Waals surface area (Å²) in [6, 6.07) is 9.27. The molecule has 7 heteroatoms. The largest absolute Gasteiger partial charge is 0.493 e. The molecule has 2 aromatic rings. The molecule has 0 aliphatic carbocycles. The van der Waals surface area contributed by atoms with E-state index in [1.54, 1.807) is 24.3 Å². The minimum absolute atomic E-state index is 0.0679.